The molecule has 0 aromatic heterocycles. The first kappa shape index (κ1) is 24.0. The molecular weight excluding hydrogens is 366 g/mol. The second-order valence-electron chi connectivity index (χ2n) is 8.24. The Morgan fingerprint density at radius 2 is 1.93 bits per heavy atom. The van der Waals surface area contributed by atoms with Gasteiger partial charge in [-0.15, -0.1) is 0 Å². The zero-order valence-electron chi connectivity index (χ0n) is 18.9. The fraction of sp³-hybridized carbons (Fsp3) is 0.750. The molecule has 1 saturated heterocycles. The van der Waals surface area contributed by atoms with Crippen molar-refractivity contribution in [3.05, 3.63) is 24.3 Å². The van der Waals surface area contributed by atoms with E-state index in [0.717, 1.165) is 31.0 Å². The SMILES string of the molecule is CCCCCN1CCC(CCOc2cccc(OC(C)C)c2)C(OCCOC)C1. The number of nitrogens with zero attached hydrogens (tertiary/aromatic N) is 1. The molecule has 29 heavy (non-hydrogen) atoms. The van der Waals surface area contributed by atoms with Crippen LogP contribution in [0.2, 0.25) is 0 Å². The van der Waals surface area contributed by atoms with Crippen LogP contribution in [0.1, 0.15) is 52.9 Å². The molecule has 0 aliphatic carbocycles. The third kappa shape index (κ3) is 9.37. The van der Waals surface area contributed by atoms with Gasteiger partial charge in [-0.2, -0.15) is 0 Å². The summed E-state index contributed by atoms with van der Waals surface area (Å²) in [5.41, 5.74) is 0. The first-order chi connectivity index (χ1) is 14.1. The Kier molecular flexibility index (Phi) is 11.4. The maximum absolute atomic E-state index is 6.20. The summed E-state index contributed by atoms with van der Waals surface area (Å²) in [4.78, 5) is 2.57. The Morgan fingerprint density at radius 3 is 2.69 bits per heavy atom. The van der Waals surface area contributed by atoms with Gasteiger partial charge in [-0.1, -0.05) is 25.8 Å². The van der Waals surface area contributed by atoms with Gasteiger partial charge in [0.15, 0.2) is 0 Å². The third-order valence-electron chi connectivity index (χ3n) is 5.41. The fourth-order valence-electron chi connectivity index (χ4n) is 3.86. The van der Waals surface area contributed by atoms with Crippen molar-refractivity contribution in [2.45, 2.75) is 65.1 Å². The molecule has 0 amide bonds. The number of unbranched alkanes of at least 4 members (excludes halogenated alkanes) is 2. The van der Waals surface area contributed by atoms with Crippen molar-refractivity contribution in [3.8, 4) is 11.5 Å². The van der Waals surface area contributed by atoms with Gasteiger partial charge >= 0.3 is 0 Å². The predicted molar refractivity (Wildman–Crippen MR) is 118 cm³/mol. The molecule has 2 atom stereocenters. The van der Waals surface area contributed by atoms with Gasteiger partial charge in [0.05, 0.1) is 32.0 Å². The highest BCUT2D eigenvalue weighted by atomic mass is 16.5. The van der Waals surface area contributed by atoms with Crippen LogP contribution < -0.4 is 9.47 Å². The number of hydrogen-bond donors (Lipinski definition) is 0. The van der Waals surface area contributed by atoms with Gasteiger partial charge in [0.2, 0.25) is 0 Å². The van der Waals surface area contributed by atoms with Crippen molar-refractivity contribution in [2.24, 2.45) is 5.92 Å². The van der Waals surface area contributed by atoms with Crippen LogP contribution in [0, 0.1) is 5.92 Å². The van der Waals surface area contributed by atoms with Crippen LogP contribution in [0.4, 0.5) is 0 Å². The molecule has 1 heterocycles. The Bertz CT molecular complexity index is 551. The number of rotatable bonds is 14. The molecule has 1 aliphatic heterocycles. The van der Waals surface area contributed by atoms with Crippen LogP contribution in [-0.2, 0) is 9.47 Å². The van der Waals surface area contributed by atoms with E-state index in [0.29, 0.717) is 25.7 Å². The Hall–Kier alpha value is -1.30. The summed E-state index contributed by atoms with van der Waals surface area (Å²) in [6, 6.07) is 7.93. The maximum atomic E-state index is 6.20. The van der Waals surface area contributed by atoms with Gasteiger partial charge in [-0.25, -0.2) is 0 Å². The Balaban J connectivity index is 1.81. The molecule has 0 N–H and O–H groups in total. The van der Waals surface area contributed by atoms with Crippen LogP contribution in [0.5, 0.6) is 11.5 Å². The standard InChI is InChI=1S/C24H41NO4/c1-5-6-7-13-25-14-11-21(24(19-25)28-17-16-26-4)12-15-27-22-9-8-10-23(18-22)29-20(2)3/h8-10,18,20-21,24H,5-7,11-17,19H2,1-4H3. The summed E-state index contributed by atoms with van der Waals surface area (Å²) in [6.45, 7) is 11.7. The van der Waals surface area contributed by atoms with E-state index in [1.54, 1.807) is 7.11 Å². The van der Waals surface area contributed by atoms with E-state index in [1.807, 2.05) is 38.1 Å². The van der Waals surface area contributed by atoms with Gasteiger partial charge in [-0.05, 0) is 64.3 Å². The van der Waals surface area contributed by atoms with E-state index in [-0.39, 0.29) is 12.2 Å². The molecule has 1 aromatic rings. The molecule has 1 aliphatic rings. The molecule has 0 bridgehead atoms. The van der Waals surface area contributed by atoms with Crippen molar-refractivity contribution in [1.29, 1.82) is 0 Å². The number of benzene rings is 1. The van der Waals surface area contributed by atoms with E-state index < -0.39 is 0 Å². The molecule has 0 spiro atoms. The van der Waals surface area contributed by atoms with Gasteiger partial charge in [0.25, 0.3) is 0 Å². The van der Waals surface area contributed by atoms with Gasteiger partial charge in [0, 0.05) is 19.7 Å². The van der Waals surface area contributed by atoms with Crippen LogP contribution in [0.25, 0.3) is 0 Å². The fourth-order valence-corrected chi connectivity index (χ4v) is 3.86. The van der Waals surface area contributed by atoms with Crippen molar-refractivity contribution < 1.29 is 18.9 Å². The molecule has 0 saturated carbocycles. The van der Waals surface area contributed by atoms with E-state index in [9.17, 15) is 0 Å². The maximum Gasteiger partial charge on any atom is 0.123 e. The third-order valence-corrected chi connectivity index (χ3v) is 5.41. The van der Waals surface area contributed by atoms with Crippen LogP contribution in [0.3, 0.4) is 0 Å². The second kappa shape index (κ2) is 13.8. The Labute approximate surface area is 177 Å². The zero-order valence-corrected chi connectivity index (χ0v) is 18.9. The quantitative estimate of drug-likeness (QED) is 0.415. The molecule has 2 rings (SSSR count). The van der Waals surface area contributed by atoms with Crippen LogP contribution in [-0.4, -0.2) is 63.7 Å². The number of ether oxygens (including phenoxy) is 4. The normalized spacial score (nSPS) is 20.2. The number of hydrogen-bond acceptors (Lipinski definition) is 5. The summed E-state index contributed by atoms with van der Waals surface area (Å²) in [5.74, 6) is 2.26. The van der Waals surface area contributed by atoms with E-state index in [2.05, 4.69) is 11.8 Å². The van der Waals surface area contributed by atoms with Crippen molar-refractivity contribution in [3.63, 3.8) is 0 Å². The minimum Gasteiger partial charge on any atom is -0.493 e. The summed E-state index contributed by atoms with van der Waals surface area (Å²) in [6.07, 6.45) is 6.47. The minimum atomic E-state index is 0.165. The molecule has 5 heteroatoms. The summed E-state index contributed by atoms with van der Waals surface area (Å²) >= 11 is 0. The average Bonchev–Trinajstić information content (AvgIpc) is 2.69. The van der Waals surface area contributed by atoms with Crippen molar-refractivity contribution in [1.82, 2.24) is 4.90 Å². The minimum absolute atomic E-state index is 0.165. The summed E-state index contributed by atoms with van der Waals surface area (Å²) in [7, 11) is 1.73. The largest absolute Gasteiger partial charge is 0.493 e. The van der Waals surface area contributed by atoms with E-state index in [1.165, 1.54) is 32.2 Å². The van der Waals surface area contributed by atoms with Crippen molar-refractivity contribution >= 4 is 0 Å². The van der Waals surface area contributed by atoms with Crippen LogP contribution in [0.15, 0.2) is 24.3 Å². The smallest absolute Gasteiger partial charge is 0.123 e. The lowest BCUT2D eigenvalue weighted by Gasteiger charge is -2.38. The molecule has 1 aromatic carbocycles. The zero-order chi connectivity index (χ0) is 20.9. The summed E-state index contributed by atoms with van der Waals surface area (Å²) < 4.78 is 23.2. The highest BCUT2D eigenvalue weighted by molar-refractivity contribution is 5.33. The number of likely N-dealkylation sites (tertiary alicyclic amines) is 1. The topological polar surface area (TPSA) is 40.2 Å². The molecule has 0 radical (unpaired) electrons. The van der Waals surface area contributed by atoms with Gasteiger partial charge in [-0.3, -0.25) is 0 Å². The van der Waals surface area contributed by atoms with E-state index >= 15 is 0 Å². The molecule has 1 fully saturated rings. The van der Waals surface area contributed by atoms with Crippen molar-refractivity contribution in [2.75, 3.05) is 46.6 Å². The average molecular weight is 408 g/mol. The highest BCUT2D eigenvalue weighted by Crippen LogP contribution is 2.26. The molecular formula is C24H41NO4. The van der Waals surface area contributed by atoms with Gasteiger partial charge < -0.3 is 23.8 Å². The lowest BCUT2D eigenvalue weighted by atomic mass is 9.90. The second-order valence-corrected chi connectivity index (χ2v) is 8.24. The monoisotopic (exact) mass is 407 g/mol. The lowest BCUT2D eigenvalue weighted by molar-refractivity contribution is -0.0567. The van der Waals surface area contributed by atoms with Crippen LogP contribution >= 0.6 is 0 Å². The number of piperidine rings is 1. The van der Waals surface area contributed by atoms with E-state index in [4.69, 9.17) is 18.9 Å². The predicted octanol–water partition coefficient (Wildman–Crippen LogP) is 4.79. The van der Waals surface area contributed by atoms with Gasteiger partial charge in [0.1, 0.15) is 11.5 Å². The molecule has 166 valence electrons. The first-order valence-corrected chi connectivity index (χ1v) is 11.3. The Morgan fingerprint density at radius 1 is 1.10 bits per heavy atom. The molecule has 2 unspecified atom stereocenters. The highest BCUT2D eigenvalue weighted by Gasteiger charge is 2.29. The first-order valence-electron chi connectivity index (χ1n) is 11.3. The lowest BCUT2D eigenvalue weighted by Crippen LogP contribution is -2.46. The summed E-state index contributed by atoms with van der Waals surface area (Å²) in [5, 5.41) is 0. The number of methoxy groups -OCH3 is 1. The molecule has 5 nitrogen and oxygen atoms in total.